The zero-order valence-corrected chi connectivity index (χ0v) is 14.1. The lowest BCUT2D eigenvalue weighted by Gasteiger charge is -2.29. The van der Waals surface area contributed by atoms with Gasteiger partial charge in [0, 0.05) is 25.9 Å². The van der Waals surface area contributed by atoms with Gasteiger partial charge in [0.05, 0.1) is 11.4 Å². The molecular formula is C18H23N3O3. The zero-order valence-electron chi connectivity index (χ0n) is 14.1. The monoisotopic (exact) mass is 329 g/mol. The average molecular weight is 329 g/mol. The van der Waals surface area contributed by atoms with Crippen LogP contribution in [0.3, 0.4) is 0 Å². The maximum absolute atomic E-state index is 12.5. The number of para-hydroxylation sites is 2. The maximum atomic E-state index is 12.5. The number of carbonyl (C=O) groups is 3. The molecule has 1 heterocycles. The second-order valence-electron chi connectivity index (χ2n) is 6.63. The summed E-state index contributed by atoms with van der Waals surface area (Å²) in [5.74, 6) is 0.177. The van der Waals surface area contributed by atoms with Crippen LogP contribution in [0.25, 0.3) is 0 Å². The van der Waals surface area contributed by atoms with Gasteiger partial charge < -0.3 is 15.1 Å². The second-order valence-corrected chi connectivity index (χ2v) is 6.63. The molecule has 1 atom stereocenters. The molecule has 1 saturated carbocycles. The van der Waals surface area contributed by atoms with E-state index < -0.39 is 0 Å². The van der Waals surface area contributed by atoms with E-state index in [1.807, 2.05) is 12.1 Å². The van der Waals surface area contributed by atoms with Crippen molar-refractivity contribution < 1.29 is 14.4 Å². The Hall–Kier alpha value is -2.37. The van der Waals surface area contributed by atoms with Gasteiger partial charge >= 0.3 is 0 Å². The van der Waals surface area contributed by atoms with Crippen molar-refractivity contribution in [2.75, 3.05) is 23.8 Å². The van der Waals surface area contributed by atoms with Crippen LogP contribution in [0.5, 0.6) is 0 Å². The van der Waals surface area contributed by atoms with Gasteiger partial charge in [-0.25, -0.2) is 0 Å². The van der Waals surface area contributed by atoms with Gasteiger partial charge in [0.25, 0.3) is 0 Å². The van der Waals surface area contributed by atoms with Crippen molar-refractivity contribution in [1.29, 1.82) is 0 Å². The van der Waals surface area contributed by atoms with E-state index in [0.717, 1.165) is 0 Å². The van der Waals surface area contributed by atoms with Crippen molar-refractivity contribution in [2.24, 2.45) is 5.92 Å². The van der Waals surface area contributed by atoms with Crippen LogP contribution in [-0.2, 0) is 14.4 Å². The summed E-state index contributed by atoms with van der Waals surface area (Å²) in [6.45, 7) is 2.06. The molecule has 0 aromatic heterocycles. The van der Waals surface area contributed by atoms with Crippen LogP contribution in [0.2, 0.25) is 0 Å². The van der Waals surface area contributed by atoms with Crippen molar-refractivity contribution >= 4 is 29.1 Å². The van der Waals surface area contributed by atoms with Gasteiger partial charge in [0.2, 0.25) is 17.7 Å². The topological polar surface area (TPSA) is 69.7 Å². The fourth-order valence-electron chi connectivity index (χ4n) is 3.10. The summed E-state index contributed by atoms with van der Waals surface area (Å²) in [7, 11) is 1.80. The average Bonchev–Trinajstić information content (AvgIpc) is 3.42. The minimum Gasteiger partial charge on any atom is -0.343 e. The van der Waals surface area contributed by atoms with Crippen LogP contribution in [0, 0.1) is 5.92 Å². The van der Waals surface area contributed by atoms with Gasteiger partial charge in [-0.2, -0.15) is 0 Å². The Balaban J connectivity index is 1.61. The normalized spacial score (nSPS) is 17.8. The number of fused-ring (bicyclic) bond motifs is 1. The molecule has 3 rings (SSSR count). The molecule has 0 bridgehead atoms. The minimum atomic E-state index is -0.215. The van der Waals surface area contributed by atoms with Crippen molar-refractivity contribution in [3.8, 4) is 0 Å². The Morgan fingerprint density at radius 1 is 1.29 bits per heavy atom. The Morgan fingerprint density at radius 3 is 2.71 bits per heavy atom. The first kappa shape index (κ1) is 16.5. The third-order valence-electron chi connectivity index (χ3n) is 4.93. The van der Waals surface area contributed by atoms with E-state index in [1.165, 1.54) is 17.7 Å². The van der Waals surface area contributed by atoms with Crippen LogP contribution in [0.1, 0.15) is 32.6 Å². The van der Waals surface area contributed by atoms with Crippen molar-refractivity contribution in [3.05, 3.63) is 24.3 Å². The maximum Gasteiger partial charge on any atom is 0.244 e. The van der Waals surface area contributed by atoms with Gasteiger partial charge in [-0.15, -0.1) is 0 Å². The number of anilines is 2. The summed E-state index contributed by atoms with van der Waals surface area (Å²) in [6.07, 6.45) is 2.64. The first-order chi connectivity index (χ1) is 11.5. The molecule has 6 nitrogen and oxygen atoms in total. The Labute approximate surface area is 141 Å². The molecule has 3 amide bonds. The highest BCUT2D eigenvalue weighted by atomic mass is 16.2. The van der Waals surface area contributed by atoms with Crippen LogP contribution in [0.15, 0.2) is 24.3 Å². The molecule has 24 heavy (non-hydrogen) atoms. The van der Waals surface area contributed by atoms with E-state index in [2.05, 4.69) is 12.2 Å². The number of hydrogen-bond donors (Lipinski definition) is 1. The molecule has 1 fully saturated rings. The van der Waals surface area contributed by atoms with Gasteiger partial charge in [-0.3, -0.25) is 14.4 Å². The number of nitrogens with zero attached hydrogens (tertiary/aromatic N) is 2. The smallest absolute Gasteiger partial charge is 0.244 e. The lowest BCUT2D eigenvalue weighted by molar-refractivity contribution is -0.134. The van der Waals surface area contributed by atoms with E-state index in [9.17, 15) is 14.4 Å². The van der Waals surface area contributed by atoms with E-state index in [0.29, 0.717) is 17.3 Å². The third-order valence-corrected chi connectivity index (χ3v) is 4.93. The fourth-order valence-corrected chi connectivity index (χ4v) is 3.10. The third kappa shape index (κ3) is 3.42. The molecule has 2 aliphatic rings. The SMILES string of the molecule is CC(C1CC1)N(C)C(=O)CCC(=O)N1CC(=O)Nc2ccccc21. The number of carbonyl (C=O) groups excluding carboxylic acids is 3. The molecule has 0 spiro atoms. The summed E-state index contributed by atoms with van der Waals surface area (Å²) >= 11 is 0. The van der Waals surface area contributed by atoms with Crippen LogP contribution >= 0.6 is 0 Å². The van der Waals surface area contributed by atoms with E-state index >= 15 is 0 Å². The predicted octanol–water partition coefficient (Wildman–Crippen LogP) is 2.01. The van der Waals surface area contributed by atoms with Crippen molar-refractivity contribution in [3.63, 3.8) is 0 Å². The van der Waals surface area contributed by atoms with E-state index in [4.69, 9.17) is 0 Å². The molecule has 1 aromatic rings. The number of hydrogen-bond acceptors (Lipinski definition) is 3. The minimum absolute atomic E-state index is 0.00163. The van der Waals surface area contributed by atoms with Crippen LogP contribution in [-0.4, -0.2) is 42.3 Å². The molecule has 128 valence electrons. The summed E-state index contributed by atoms with van der Waals surface area (Å²) in [4.78, 5) is 39.8. The standard InChI is InChI=1S/C18H23N3O3/c1-12(13-7-8-13)20(2)17(23)9-10-18(24)21-11-16(22)19-14-5-3-4-6-15(14)21/h3-6,12-13H,7-11H2,1-2H3,(H,19,22). The molecule has 1 aliphatic heterocycles. The quantitative estimate of drug-likeness (QED) is 0.898. The highest BCUT2D eigenvalue weighted by Crippen LogP contribution is 2.35. The Kier molecular flexibility index (Phi) is 4.55. The largest absolute Gasteiger partial charge is 0.343 e. The molecule has 1 unspecified atom stereocenters. The highest BCUT2D eigenvalue weighted by Gasteiger charge is 2.33. The molecule has 6 heteroatoms. The Bertz CT molecular complexity index is 669. The first-order valence-corrected chi connectivity index (χ1v) is 8.42. The van der Waals surface area contributed by atoms with Gasteiger partial charge in [-0.05, 0) is 37.8 Å². The summed E-state index contributed by atoms with van der Waals surface area (Å²) in [5, 5.41) is 2.75. The van der Waals surface area contributed by atoms with Crippen LogP contribution < -0.4 is 10.2 Å². The number of nitrogens with one attached hydrogen (secondary N) is 1. The second kappa shape index (κ2) is 6.63. The predicted molar refractivity (Wildman–Crippen MR) is 91.6 cm³/mol. The first-order valence-electron chi connectivity index (χ1n) is 8.42. The fraction of sp³-hybridized carbons (Fsp3) is 0.500. The summed E-state index contributed by atoms with van der Waals surface area (Å²) in [5.41, 5.74) is 1.32. The molecule has 0 saturated heterocycles. The summed E-state index contributed by atoms with van der Waals surface area (Å²) < 4.78 is 0. The van der Waals surface area contributed by atoms with Gasteiger partial charge in [0.15, 0.2) is 0 Å². The molecular weight excluding hydrogens is 306 g/mol. The number of amides is 3. The van der Waals surface area contributed by atoms with E-state index in [-0.39, 0.29) is 43.1 Å². The lowest BCUT2D eigenvalue weighted by Crippen LogP contribution is -2.43. The number of benzene rings is 1. The highest BCUT2D eigenvalue weighted by molar-refractivity contribution is 6.10. The van der Waals surface area contributed by atoms with Gasteiger partial charge in [0.1, 0.15) is 6.54 Å². The molecule has 0 radical (unpaired) electrons. The van der Waals surface area contributed by atoms with Gasteiger partial charge in [-0.1, -0.05) is 12.1 Å². The van der Waals surface area contributed by atoms with Crippen LogP contribution in [0.4, 0.5) is 11.4 Å². The molecule has 1 N–H and O–H groups in total. The number of rotatable bonds is 5. The lowest BCUT2D eigenvalue weighted by atomic mass is 10.1. The zero-order chi connectivity index (χ0) is 17.3. The summed E-state index contributed by atoms with van der Waals surface area (Å²) in [6, 6.07) is 7.44. The van der Waals surface area contributed by atoms with Crippen molar-refractivity contribution in [2.45, 2.75) is 38.6 Å². The molecule has 1 aromatic carbocycles. The molecule has 1 aliphatic carbocycles. The Morgan fingerprint density at radius 2 is 2.00 bits per heavy atom. The van der Waals surface area contributed by atoms with Crippen molar-refractivity contribution in [1.82, 2.24) is 4.90 Å². The van der Waals surface area contributed by atoms with E-state index in [1.54, 1.807) is 24.1 Å².